The SMILES string of the molecule is CC[C@H]1OC(=O)[C@H](C)[C@@H](O[C@H]2C[C@@](C)(OC)[C@@H](O)[C@H](C)O2)[C@H](C)[C@@H](O[C@H]2O[C@H](C)C[C@H](N(C)CCCC(=O)N(C)[C@H](C)[C@H](OC)c3ccc([N+](=O)[O-])cc3)[C@H]2O)[C@](C)(OC)C[C@@H](C)C(=O)[C@H](C)[C@@H](O)[C@]1(C)O. The van der Waals surface area contributed by atoms with Gasteiger partial charge < -0.3 is 68.1 Å². The Morgan fingerprint density at radius 1 is 0.903 bits per heavy atom. The van der Waals surface area contributed by atoms with Crippen LogP contribution >= 0.6 is 0 Å². The molecule has 1 amide bonds. The first-order chi connectivity index (χ1) is 33.5. The molecule has 4 N–H and O–H groups in total. The van der Waals surface area contributed by atoms with Gasteiger partial charge in [0.2, 0.25) is 5.91 Å². The largest absolute Gasteiger partial charge is 0.459 e. The van der Waals surface area contributed by atoms with Crippen LogP contribution in [-0.4, -0.2) is 185 Å². The van der Waals surface area contributed by atoms with Crippen molar-refractivity contribution in [2.24, 2.45) is 23.7 Å². The van der Waals surface area contributed by atoms with Gasteiger partial charge in [-0.15, -0.1) is 0 Å². The molecule has 0 aliphatic carbocycles. The van der Waals surface area contributed by atoms with E-state index < -0.39 is 131 Å². The van der Waals surface area contributed by atoms with Crippen LogP contribution in [0.5, 0.6) is 0 Å². The molecule has 3 fully saturated rings. The number of cyclic esters (lactones) is 1. The molecule has 20 heteroatoms. The van der Waals surface area contributed by atoms with Gasteiger partial charge in [-0.3, -0.25) is 24.5 Å². The Kier molecular flexibility index (Phi) is 21.7. The van der Waals surface area contributed by atoms with Gasteiger partial charge in [-0.25, -0.2) is 0 Å². The Labute approximate surface area is 426 Å². The minimum Gasteiger partial charge on any atom is -0.459 e. The first kappa shape index (κ1) is 61.3. The van der Waals surface area contributed by atoms with E-state index in [1.807, 2.05) is 32.7 Å². The third-order valence-corrected chi connectivity index (χ3v) is 16.2. The number of amides is 1. The molecule has 0 radical (unpaired) electrons. The molecule has 412 valence electrons. The molecule has 72 heavy (non-hydrogen) atoms. The molecular weight excluding hydrogens is 939 g/mol. The fourth-order valence-corrected chi connectivity index (χ4v) is 11.2. The number of nitro groups is 1. The molecule has 1 aromatic rings. The van der Waals surface area contributed by atoms with Crippen LogP contribution in [0.1, 0.15) is 126 Å². The van der Waals surface area contributed by atoms with Gasteiger partial charge in [0.15, 0.2) is 12.6 Å². The number of ketones is 1. The summed E-state index contributed by atoms with van der Waals surface area (Å²) in [6.45, 7) is 19.1. The molecule has 0 saturated carbocycles. The van der Waals surface area contributed by atoms with Crippen LogP contribution in [0.4, 0.5) is 5.69 Å². The van der Waals surface area contributed by atoms with Crippen LogP contribution in [-0.2, 0) is 52.3 Å². The topological polar surface area (TPSA) is 256 Å². The number of rotatable bonds is 17. The van der Waals surface area contributed by atoms with Crippen molar-refractivity contribution in [3.05, 3.63) is 39.9 Å². The van der Waals surface area contributed by atoms with E-state index in [0.717, 1.165) is 0 Å². The highest BCUT2D eigenvalue weighted by Crippen LogP contribution is 2.42. The highest BCUT2D eigenvalue weighted by molar-refractivity contribution is 5.83. The summed E-state index contributed by atoms with van der Waals surface area (Å²) in [7, 11) is 8.03. The van der Waals surface area contributed by atoms with Gasteiger partial charge in [0.25, 0.3) is 5.69 Å². The zero-order valence-electron chi connectivity index (χ0n) is 45.5. The van der Waals surface area contributed by atoms with Crippen molar-refractivity contribution in [1.82, 2.24) is 9.80 Å². The zero-order chi connectivity index (χ0) is 54.4. The Hall–Kier alpha value is -3.25. The number of nitro benzene ring substituents is 1. The normalized spacial score (nSPS) is 39.4. The minimum absolute atomic E-state index is 0.0337. The van der Waals surface area contributed by atoms with Gasteiger partial charge in [0, 0.05) is 77.1 Å². The average Bonchev–Trinajstić information content (AvgIpc) is 3.34. The molecule has 3 saturated heterocycles. The fraction of sp³-hybridized carbons (Fsp3) is 0.827. The lowest BCUT2D eigenvalue weighted by molar-refractivity contribution is -0.384. The van der Waals surface area contributed by atoms with E-state index >= 15 is 0 Å². The molecule has 0 aromatic heterocycles. The number of aliphatic hydroxyl groups is 4. The number of likely N-dealkylation sites (N-methyl/N-ethyl adjacent to an activating group) is 2. The van der Waals surface area contributed by atoms with Crippen molar-refractivity contribution >= 4 is 23.3 Å². The van der Waals surface area contributed by atoms with Gasteiger partial charge in [-0.05, 0) is 105 Å². The Bertz CT molecular complexity index is 1940. The summed E-state index contributed by atoms with van der Waals surface area (Å²) in [6.07, 6.45) is -10.0. The van der Waals surface area contributed by atoms with Crippen LogP contribution in [0.15, 0.2) is 24.3 Å². The Morgan fingerprint density at radius 2 is 1.51 bits per heavy atom. The maximum Gasteiger partial charge on any atom is 0.311 e. The minimum atomic E-state index is -2.02. The molecule has 0 bridgehead atoms. The molecule has 3 heterocycles. The van der Waals surface area contributed by atoms with E-state index in [4.69, 9.17) is 37.9 Å². The molecule has 20 atom stereocenters. The van der Waals surface area contributed by atoms with Crippen molar-refractivity contribution in [2.75, 3.05) is 42.0 Å². The van der Waals surface area contributed by atoms with Crippen LogP contribution in [0, 0.1) is 33.8 Å². The molecule has 0 unspecified atom stereocenters. The number of benzene rings is 1. The van der Waals surface area contributed by atoms with E-state index in [0.29, 0.717) is 24.9 Å². The van der Waals surface area contributed by atoms with E-state index in [9.17, 15) is 44.9 Å². The molecule has 20 nitrogen and oxygen atoms in total. The van der Waals surface area contributed by atoms with E-state index in [2.05, 4.69) is 0 Å². The number of nitrogens with zero attached hydrogens (tertiary/aromatic N) is 3. The summed E-state index contributed by atoms with van der Waals surface area (Å²) < 4.78 is 50.4. The van der Waals surface area contributed by atoms with Crippen LogP contribution in [0.25, 0.3) is 0 Å². The fourth-order valence-electron chi connectivity index (χ4n) is 11.2. The lowest BCUT2D eigenvalue weighted by atomic mass is 9.74. The predicted octanol–water partition coefficient (Wildman–Crippen LogP) is 4.73. The van der Waals surface area contributed by atoms with Crippen molar-refractivity contribution in [1.29, 1.82) is 0 Å². The van der Waals surface area contributed by atoms with Crippen molar-refractivity contribution < 1.29 is 77.6 Å². The number of hydrogen-bond acceptors (Lipinski definition) is 18. The average molecular weight is 1030 g/mol. The first-order valence-electron chi connectivity index (χ1n) is 25.5. The van der Waals surface area contributed by atoms with E-state index in [1.54, 1.807) is 65.6 Å². The van der Waals surface area contributed by atoms with Crippen molar-refractivity contribution in [3.63, 3.8) is 0 Å². The third-order valence-electron chi connectivity index (χ3n) is 16.2. The van der Waals surface area contributed by atoms with Gasteiger partial charge in [-0.2, -0.15) is 0 Å². The summed E-state index contributed by atoms with van der Waals surface area (Å²) >= 11 is 0. The number of ether oxygens (including phenoxy) is 8. The Balaban J connectivity index is 1.66. The number of aliphatic hydroxyl groups excluding tert-OH is 3. The van der Waals surface area contributed by atoms with E-state index in [-0.39, 0.29) is 43.1 Å². The second kappa shape index (κ2) is 25.5. The van der Waals surface area contributed by atoms with Crippen molar-refractivity contribution in [2.45, 2.75) is 211 Å². The van der Waals surface area contributed by atoms with Crippen molar-refractivity contribution in [3.8, 4) is 0 Å². The first-order valence-corrected chi connectivity index (χ1v) is 25.5. The number of Topliss-reactive ketones (excluding diaryl/α,β-unsaturated/α-hetero) is 1. The Morgan fingerprint density at radius 3 is 2.07 bits per heavy atom. The summed E-state index contributed by atoms with van der Waals surface area (Å²) in [4.78, 5) is 56.6. The number of carbonyl (C=O) groups is 3. The zero-order valence-corrected chi connectivity index (χ0v) is 45.5. The number of methoxy groups -OCH3 is 3. The van der Waals surface area contributed by atoms with Gasteiger partial charge in [0.1, 0.15) is 35.8 Å². The highest BCUT2D eigenvalue weighted by Gasteiger charge is 2.54. The van der Waals surface area contributed by atoms with E-state index in [1.165, 1.54) is 47.3 Å². The number of hydrogen-bond donors (Lipinski definition) is 4. The number of esters is 1. The quantitative estimate of drug-likeness (QED) is 0.0934. The second-order valence-corrected chi connectivity index (χ2v) is 21.5. The maximum absolute atomic E-state index is 14.5. The smallest absolute Gasteiger partial charge is 0.311 e. The predicted molar refractivity (Wildman–Crippen MR) is 264 cm³/mol. The number of carbonyl (C=O) groups excluding carboxylic acids is 3. The monoisotopic (exact) mass is 1030 g/mol. The molecule has 4 rings (SSSR count). The summed E-state index contributed by atoms with van der Waals surface area (Å²) in [5.41, 5.74) is -3.83. The molecule has 3 aliphatic heterocycles. The van der Waals surface area contributed by atoms with Crippen LogP contribution in [0.2, 0.25) is 0 Å². The van der Waals surface area contributed by atoms with Gasteiger partial charge in [-0.1, -0.05) is 27.7 Å². The van der Waals surface area contributed by atoms with Gasteiger partial charge in [0.05, 0.1) is 58.6 Å². The second-order valence-electron chi connectivity index (χ2n) is 21.5. The lowest BCUT2D eigenvalue weighted by Gasteiger charge is -2.50. The molecule has 0 spiro atoms. The highest BCUT2D eigenvalue weighted by atomic mass is 16.7. The number of non-ortho nitro benzene ring substituents is 1. The standard InChI is InChI=1S/C52H87N3O17/c1-17-38-52(11,62)45(59)30(4)41(57)28(2)26-51(10,67-16)47(31(5)43(32(6)48(61)70-38)71-40-27-50(9,66-15)46(60)34(8)69-40)72-49-42(58)37(25-29(3)68-49)53(12)24-18-19-39(56)54(13)33(7)44(65-14)35-20-22-36(23-21-35)55(63)64/h20-23,28-34,37-38,40,42-47,49,58-60,62H,17-19,24-27H2,1-16H3/t28-,29-,30+,31+,32-,33-,34+,37+,38-,40+,42-,43+,44+,45-,46+,47-,49-,50-,51-,52-/m1/s1. The molecule has 1 aromatic carbocycles. The molecule has 3 aliphatic rings. The van der Waals surface area contributed by atoms with Gasteiger partial charge >= 0.3 is 5.97 Å². The summed E-state index contributed by atoms with van der Waals surface area (Å²) in [5, 5.41) is 57.9. The maximum atomic E-state index is 14.5. The summed E-state index contributed by atoms with van der Waals surface area (Å²) in [6, 6.07) is 5.14. The summed E-state index contributed by atoms with van der Waals surface area (Å²) in [5.74, 6) is -5.04. The molecular formula is C52H87N3O17. The lowest BCUT2D eigenvalue weighted by Crippen LogP contribution is -2.61. The van der Waals surface area contributed by atoms with Crippen LogP contribution in [0.3, 0.4) is 0 Å². The third kappa shape index (κ3) is 13.8. The van der Waals surface area contributed by atoms with Crippen LogP contribution < -0.4 is 0 Å².